The van der Waals surface area contributed by atoms with Crippen LogP contribution >= 0.6 is 0 Å². The number of hydrogen-bond donors (Lipinski definition) is 1. The standard InChI is InChI=1S/C13H19NO/c1-10-8-12(15-7-6-14)9-11-4-2-3-5-13(10)11/h8-9H,2-7,14H2,1H3. The van der Waals surface area contributed by atoms with Crippen LogP contribution in [-0.4, -0.2) is 13.2 Å². The number of rotatable bonds is 3. The SMILES string of the molecule is Cc1cc(OCCN)cc2c1CCCC2. The van der Waals surface area contributed by atoms with Gasteiger partial charge in [-0.15, -0.1) is 0 Å². The Labute approximate surface area is 91.4 Å². The second-order valence-electron chi connectivity index (χ2n) is 4.22. The minimum Gasteiger partial charge on any atom is -0.492 e. The third kappa shape index (κ3) is 2.32. The maximum atomic E-state index is 5.58. The maximum Gasteiger partial charge on any atom is 0.119 e. The van der Waals surface area contributed by atoms with Crippen LogP contribution in [-0.2, 0) is 12.8 Å². The molecule has 0 saturated carbocycles. The van der Waals surface area contributed by atoms with Gasteiger partial charge >= 0.3 is 0 Å². The predicted octanol–water partition coefficient (Wildman–Crippen LogP) is 2.21. The number of hydrogen-bond acceptors (Lipinski definition) is 2. The van der Waals surface area contributed by atoms with E-state index in [2.05, 4.69) is 19.1 Å². The molecule has 15 heavy (non-hydrogen) atoms. The molecule has 0 heterocycles. The minimum absolute atomic E-state index is 0.579. The minimum atomic E-state index is 0.579. The van der Waals surface area contributed by atoms with E-state index in [1.165, 1.54) is 36.8 Å². The fraction of sp³-hybridized carbons (Fsp3) is 0.538. The highest BCUT2D eigenvalue weighted by atomic mass is 16.5. The Balaban J connectivity index is 2.24. The summed E-state index contributed by atoms with van der Waals surface area (Å²) in [4.78, 5) is 0. The van der Waals surface area contributed by atoms with Crippen LogP contribution in [0.2, 0.25) is 0 Å². The van der Waals surface area contributed by atoms with E-state index < -0.39 is 0 Å². The molecule has 0 unspecified atom stereocenters. The number of ether oxygens (including phenoxy) is 1. The molecular formula is C13H19NO. The molecule has 1 aliphatic rings. The molecular weight excluding hydrogens is 186 g/mol. The van der Waals surface area contributed by atoms with Gasteiger partial charge in [0.1, 0.15) is 12.4 Å². The molecule has 0 bridgehead atoms. The summed E-state index contributed by atoms with van der Waals surface area (Å²) in [7, 11) is 0. The van der Waals surface area contributed by atoms with Gasteiger partial charge in [0.25, 0.3) is 0 Å². The van der Waals surface area contributed by atoms with Crippen molar-refractivity contribution in [3.8, 4) is 5.75 Å². The first kappa shape index (κ1) is 10.5. The molecule has 0 atom stereocenters. The molecule has 82 valence electrons. The Bertz CT molecular complexity index is 347. The molecule has 1 aliphatic carbocycles. The molecule has 2 nitrogen and oxygen atoms in total. The lowest BCUT2D eigenvalue weighted by Gasteiger charge is -2.19. The molecule has 0 amide bonds. The van der Waals surface area contributed by atoms with E-state index in [1.54, 1.807) is 5.56 Å². The van der Waals surface area contributed by atoms with Crippen LogP contribution < -0.4 is 10.5 Å². The van der Waals surface area contributed by atoms with Crippen LogP contribution in [0.3, 0.4) is 0 Å². The molecule has 1 aromatic carbocycles. The van der Waals surface area contributed by atoms with E-state index in [0.29, 0.717) is 13.2 Å². The molecule has 0 aliphatic heterocycles. The van der Waals surface area contributed by atoms with Crippen molar-refractivity contribution < 1.29 is 4.74 Å². The zero-order valence-electron chi connectivity index (χ0n) is 9.38. The normalized spacial score (nSPS) is 14.8. The van der Waals surface area contributed by atoms with E-state index in [9.17, 15) is 0 Å². The molecule has 0 spiro atoms. The van der Waals surface area contributed by atoms with Gasteiger partial charge in [-0.3, -0.25) is 0 Å². The van der Waals surface area contributed by atoms with Crippen LogP contribution in [0.1, 0.15) is 29.5 Å². The number of nitrogens with two attached hydrogens (primary N) is 1. The molecule has 0 fully saturated rings. The third-order valence-corrected chi connectivity index (χ3v) is 3.05. The second kappa shape index (κ2) is 4.67. The average molecular weight is 205 g/mol. The van der Waals surface area contributed by atoms with Crippen LogP contribution in [0.5, 0.6) is 5.75 Å². The monoisotopic (exact) mass is 205 g/mol. The lowest BCUT2D eigenvalue weighted by Crippen LogP contribution is -2.12. The Morgan fingerprint density at radius 3 is 2.87 bits per heavy atom. The van der Waals surface area contributed by atoms with Crippen molar-refractivity contribution in [1.29, 1.82) is 0 Å². The lowest BCUT2D eigenvalue weighted by atomic mass is 9.88. The average Bonchev–Trinajstić information content (AvgIpc) is 2.26. The summed E-state index contributed by atoms with van der Waals surface area (Å²) in [6, 6.07) is 4.33. The number of fused-ring (bicyclic) bond motifs is 1. The number of benzene rings is 1. The van der Waals surface area contributed by atoms with Gasteiger partial charge in [0, 0.05) is 6.54 Å². The van der Waals surface area contributed by atoms with Gasteiger partial charge in [-0.05, 0) is 61.4 Å². The maximum absolute atomic E-state index is 5.58. The van der Waals surface area contributed by atoms with Gasteiger partial charge < -0.3 is 10.5 Å². The zero-order valence-corrected chi connectivity index (χ0v) is 9.38. The van der Waals surface area contributed by atoms with Crippen LogP contribution in [0.15, 0.2) is 12.1 Å². The smallest absolute Gasteiger partial charge is 0.119 e. The van der Waals surface area contributed by atoms with Crippen molar-refractivity contribution in [1.82, 2.24) is 0 Å². The first-order valence-corrected chi connectivity index (χ1v) is 5.76. The van der Waals surface area contributed by atoms with Crippen LogP contribution in [0, 0.1) is 6.92 Å². The van der Waals surface area contributed by atoms with E-state index in [1.807, 2.05) is 0 Å². The third-order valence-electron chi connectivity index (χ3n) is 3.05. The van der Waals surface area contributed by atoms with Gasteiger partial charge in [-0.2, -0.15) is 0 Å². The summed E-state index contributed by atoms with van der Waals surface area (Å²) in [5.74, 6) is 0.985. The Morgan fingerprint density at radius 1 is 1.27 bits per heavy atom. The summed E-state index contributed by atoms with van der Waals surface area (Å²) in [6.45, 7) is 3.37. The highest BCUT2D eigenvalue weighted by Gasteiger charge is 2.12. The molecule has 2 heteroatoms. The van der Waals surface area contributed by atoms with Gasteiger partial charge in [0.15, 0.2) is 0 Å². The van der Waals surface area contributed by atoms with Gasteiger partial charge in [0.2, 0.25) is 0 Å². The van der Waals surface area contributed by atoms with Crippen molar-refractivity contribution in [3.05, 3.63) is 28.8 Å². The molecule has 0 saturated heterocycles. The molecule has 0 aromatic heterocycles. The van der Waals surface area contributed by atoms with E-state index in [0.717, 1.165) is 5.75 Å². The van der Waals surface area contributed by atoms with Crippen molar-refractivity contribution in [2.75, 3.05) is 13.2 Å². The first-order chi connectivity index (χ1) is 7.31. The van der Waals surface area contributed by atoms with Gasteiger partial charge in [-0.1, -0.05) is 0 Å². The Morgan fingerprint density at radius 2 is 2.07 bits per heavy atom. The van der Waals surface area contributed by atoms with Crippen LogP contribution in [0.25, 0.3) is 0 Å². The number of aryl methyl sites for hydroxylation is 2. The summed E-state index contributed by atoms with van der Waals surface area (Å²) in [5, 5.41) is 0. The van der Waals surface area contributed by atoms with Crippen molar-refractivity contribution >= 4 is 0 Å². The Hall–Kier alpha value is -1.02. The fourth-order valence-corrected chi connectivity index (χ4v) is 2.31. The fourth-order valence-electron chi connectivity index (χ4n) is 2.31. The molecule has 2 N–H and O–H groups in total. The summed E-state index contributed by atoms with van der Waals surface area (Å²) >= 11 is 0. The van der Waals surface area contributed by atoms with Crippen molar-refractivity contribution in [2.24, 2.45) is 5.73 Å². The van der Waals surface area contributed by atoms with E-state index in [-0.39, 0.29) is 0 Å². The summed E-state index contributed by atoms with van der Waals surface area (Å²) in [5.41, 5.74) is 9.82. The zero-order chi connectivity index (χ0) is 10.7. The highest BCUT2D eigenvalue weighted by Crippen LogP contribution is 2.28. The van der Waals surface area contributed by atoms with Gasteiger partial charge in [0.05, 0.1) is 0 Å². The lowest BCUT2D eigenvalue weighted by molar-refractivity contribution is 0.327. The van der Waals surface area contributed by atoms with Crippen molar-refractivity contribution in [2.45, 2.75) is 32.6 Å². The Kier molecular flexibility index (Phi) is 3.27. The van der Waals surface area contributed by atoms with Gasteiger partial charge in [-0.25, -0.2) is 0 Å². The predicted molar refractivity (Wildman–Crippen MR) is 62.4 cm³/mol. The first-order valence-electron chi connectivity index (χ1n) is 5.76. The highest BCUT2D eigenvalue weighted by molar-refractivity contribution is 5.42. The quantitative estimate of drug-likeness (QED) is 0.821. The van der Waals surface area contributed by atoms with Crippen molar-refractivity contribution in [3.63, 3.8) is 0 Å². The van der Waals surface area contributed by atoms with E-state index in [4.69, 9.17) is 10.5 Å². The molecule has 0 radical (unpaired) electrons. The second-order valence-corrected chi connectivity index (χ2v) is 4.22. The molecule has 1 aromatic rings. The summed E-state index contributed by atoms with van der Waals surface area (Å²) < 4.78 is 5.58. The summed E-state index contributed by atoms with van der Waals surface area (Å²) in [6.07, 6.45) is 5.08. The largest absolute Gasteiger partial charge is 0.492 e. The topological polar surface area (TPSA) is 35.2 Å². The van der Waals surface area contributed by atoms with E-state index >= 15 is 0 Å². The van der Waals surface area contributed by atoms with Crippen LogP contribution in [0.4, 0.5) is 0 Å². The molecule has 2 rings (SSSR count).